The van der Waals surface area contributed by atoms with Crippen LogP contribution in [0.3, 0.4) is 0 Å². The zero-order chi connectivity index (χ0) is 8.48. The summed E-state index contributed by atoms with van der Waals surface area (Å²) in [5.74, 6) is 0. The minimum atomic E-state index is -4.25. The highest BCUT2D eigenvalue weighted by Gasteiger charge is 2.30. The van der Waals surface area contributed by atoms with Crippen molar-refractivity contribution in [2.24, 2.45) is 0 Å². The smallest absolute Gasteiger partial charge is 0.160 e. The van der Waals surface area contributed by atoms with Crippen LogP contribution in [-0.2, 0) is 0 Å². The van der Waals surface area contributed by atoms with Gasteiger partial charge < -0.3 is 0 Å². The van der Waals surface area contributed by atoms with Gasteiger partial charge in [-0.3, -0.25) is 0 Å². The fraction of sp³-hybridized carbons (Fsp3) is 0.200. The Labute approximate surface area is 74.4 Å². The van der Waals surface area contributed by atoms with E-state index in [1.807, 2.05) is 0 Å². The summed E-state index contributed by atoms with van der Waals surface area (Å²) in [5, 5.41) is 1.52. The molecule has 11 heavy (non-hydrogen) atoms. The van der Waals surface area contributed by atoms with Crippen LogP contribution in [0.4, 0.5) is 13.2 Å². The van der Waals surface area contributed by atoms with Crippen LogP contribution in [0.1, 0.15) is 0 Å². The van der Waals surface area contributed by atoms with Crippen LogP contribution < -0.4 is 0 Å². The lowest BCUT2D eigenvalue weighted by Gasteiger charge is -2.02. The third kappa shape index (κ3) is 2.92. The third-order valence-electron chi connectivity index (χ3n) is 0.810. The number of thiophene rings is 1. The molecule has 0 aromatic carbocycles. The van der Waals surface area contributed by atoms with Crippen molar-refractivity contribution in [2.75, 3.05) is 0 Å². The topological polar surface area (TPSA) is 0 Å². The van der Waals surface area contributed by atoms with E-state index in [1.165, 1.54) is 11.4 Å². The van der Waals surface area contributed by atoms with Crippen molar-refractivity contribution < 1.29 is 13.2 Å². The van der Waals surface area contributed by atoms with Crippen LogP contribution in [-0.4, -0.2) is 5.51 Å². The first-order valence-corrected chi connectivity index (χ1v) is 4.55. The summed E-state index contributed by atoms with van der Waals surface area (Å²) in [5.41, 5.74) is -4.25. The van der Waals surface area contributed by atoms with Gasteiger partial charge in [0.05, 0.1) is 0 Å². The van der Waals surface area contributed by atoms with E-state index in [-0.39, 0.29) is 21.0 Å². The Balaban J connectivity index is 2.72. The lowest BCUT2D eigenvalue weighted by Crippen LogP contribution is -1.98. The van der Waals surface area contributed by atoms with Gasteiger partial charge in [-0.15, -0.1) is 11.3 Å². The Bertz CT molecular complexity index is 242. The van der Waals surface area contributed by atoms with Crippen LogP contribution in [0.5, 0.6) is 0 Å². The summed E-state index contributed by atoms with van der Waals surface area (Å²) in [4.78, 5) is 0.0733. The molecule has 0 aliphatic heterocycles. The maximum atomic E-state index is 11.7. The van der Waals surface area contributed by atoms with E-state index in [1.54, 1.807) is 0 Å². The van der Waals surface area contributed by atoms with Gasteiger partial charge in [-0.2, -0.15) is 13.2 Å². The molecule has 0 saturated carbocycles. The second kappa shape index (κ2) is 3.25. The summed E-state index contributed by atoms with van der Waals surface area (Å²) >= 11 is 6.35. The molecule has 0 atom stereocenters. The minimum absolute atomic E-state index is 0.0733. The number of hydrogen-bond donors (Lipinski definition) is 0. The molecule has 0 saturated heterocycles. The first-order valence-electron chi connectivity index (χ1n) is 2.48. The van der Waals surface area contributed by atoms with E-state index in [0.717, 1.165) is 11.3 Å². The van der Waals surface area contributed by atoms with Crippen molar-refractivity contribution in [3.63, 3.8) is 0 Å². The second-order valence-electron chi connectivity index (χ2n) is 1.61. The van der Waals surface area contributed by atoms with Crippen molar-refractivity contribution in [2.45, 2.75) is 10.4 Å². The fourth-order valence-electron chi connectivity index (χ4n) is 0.478. The number of hydrogen-bond acceptors (Lipinski definition) is 2. The van der Waals surface area contributed by atoms with Crippen LogP contribution in [0.25, 0.3) is 0 Å². The molecule has 1 heterocycles. The molecule has 0 amide bonds. The van der Waals surface area contributed by atoms with E-state index < -0.39 is 5.51 Å². The Kier molecular flexibility index (Phi) is 2.72. The number of thioether (sulfide) groups is 1. The van der Waals surface area contributed by atoms with Gasteiger partial charge in [0.25, 0.3) is 0 Å². The average Bonchev–Trinajstić information content (AvgIpc) is 2.12. The maximum absolute atomic E-state index is 11.7. The summed E-state index contributed by atoms with van der Waals surface area (Å²) in [7, 11) is 0. The normalized spacial score (nSPS) is 12.0. The van der Waals surface area contributed by atoms with Gasteiger partial charge in [-0.05, 0) is 23.2 Å². The van der Waals surface area contributed by atoms with Crippen LogP contribution >= 0.6 is 34.7 Å². The molecule has 0 unspecified atom stereocenters. The summed E-state index contributed by atoms with van der Waals surface area (Å²) < 4.78 is 35.3. The monoisotopic (exact) mass is 218 g/mol. The van der Waals surface area contributed by atoms with Crippen molar-refractivity contribution in [1.82, 2.24) is 0 Å². The fourth-order valence-corrected chi connectivity index (χ4v) is 2.14. The van der Waals surface area contributed by atoms with Crippen LogP contribution in [0.2, 0.25) is 4.34 Å². The van der Waals surface area contributed by atoms with Gasteiger partial charge >= 0.3 is 5.51 Å². The predicted molar refractivity (Wildman–Crippen MR) is 41.2 cm³/mol. The van der Waals surface area contributed by atoms with E-state index >= 15 is 0 Å². The second-order valence-corrected chi connectivity index (χ2v) is 4.23. The molecule has 0 fully saturated rings. The molecule has 62 valence electrons. The predicted octanol–water partition coefficient (Wildman–Crippen LogP) is 4.01. The van der Waals surface area contributed by atoms with Gasteiger partial charge in [-0.25, -0.2) is 0 Å². The quantitative estimate of drug-likeness (QED) is 0.642. The lowest BCUT2D eigenvalue weighted by molar-refractivity contribution is -0.0327. The molecule has 0 aliphatic rings. The van der Waals surface area contributed by atoms with E-state index in [0.29, 0.717) is 0 Å². The highest BCUT2D eigenvalue weighted by molar-refractivity contribution is 8.00. The first kappa shape index (κ1) is 9.22. The zero-order valence-electron chi connectivity index (χ0n) is 4.98. The van der Waals surface area contributed by atoms with Gasteiger partial charge in [0.1, 0.15) is 4.34 Å². The average molecular weight is 219 g/mol. The van der Waals surface area contributed by atoms with Crippen molar-refractivity contribution >= 4 is 34.7 Å². The van der Waals surface area contributed by atoms with Crippen molar-refractivity contribution in [1.29, 1.82) is 0 Å². The molecule has 6 heteroatoms. The molecule has 1 aromatic heterocycles. The van der Waals surface area contributed by atoms with E-state index in [9.17, 15) is 13.2 Å². The molecule has 1 aromatic rings. The highest BCUT2D eigenvalue weighted by atomic mass is 35.5. The molecule has 0 nitrogen and oxygen atoms in total. The van der Waals surface area contributed by atoms with Gasteiger partial charge in [-0.1, -0.05) is 11.6 Å². The first-order chi connectivity index (χ1) is 4.99. The molecular weight excluding hydrogens is 217 g/mol. The van der Waals surface area contributed by atoms with Crippen LogP contribution in [0.15, 0.2) is 16.3 Å². The van der Waals surface area contributed by atoms with Crippen molar-refractivity contribution in [3.8, 4) is 0 Å². The summed E-state index contributed by atoms with van der Waals surface area (Å²) in [6.45, 7) is 0. The molecule has 0 bridgehead atoms. The molecule has 0 radical (unpaired) electrons. The SMILES string of the molecule is FC(F)(F)Sc1ccsc1Cl. The molecular formula is C5H2ClF3S2. The maximum Gasteiger partial charge on any atom is 0.446 e. The Morgan fingerprint density at radius 3 is 2.45 bits per heavy atom. The van der Waals surface area contributed by atoms with E-state index in [4.69, 9.17) is 11.6 Å². The summed E-state index contributed by atoms with van der Waals surface area (Å²) in [6, 6.07) is 1.35. The zero-order valence-corrected chi connectivity index (χ0v) is 7.37. The minimum Gasteiger partial charge on any atom is -0.160 e. The Hall–Kier alpha value is 0.130. The van der Waals surface area contributed by atoms with Gasteiger partial charge in [0.2, 0.25) is 0 Å². The molecule has 0 N–H and O–H groups in total. The number of halogens is 4. The number of rotatable bonds is 1. The summed E-state index contributed by atoms with van der Waals surface area (Å²) in [6.07, 6.45) is 0. The molecule has 0 spiro atoms. The van der Waals surface area contributed by atoms with Gasteiger partial charge in [0.15, 0.2) is 0 Å². The Morgan fingerprint density at radius 1 is 1.45 bits per heavy atom. The number of alkyl halides is 3. The standard InChI is InChI=1S/C5H2ClF3S2/c6-4-3(1-2-10-4)11-5(7,8)9/h1-2H. The Morgan fingerprint density at radius 2 is 2.09 bits per heavy atom. The highest BCUT2D eigenvalue weighted by Crippen LogP contribution is 2.42. The largest absolute Gasteiger partial charge is 0.446 e. The lowest BCUT2D eigenvalue weighted by atomic mass is 10.7. The van der Waals surface area contributed by atoms with Crippen molar-refractivity contribution in [3.05, 3.63) is 15.8 Å². The third-order valence-corrected chi connectivity index (χ3v) is 3.01. The van der Waals surface area contributed by atoms with Gasteiger partial charge in [0, 0.05) is 4.90 Å². The molecule has 1 rings (SSSR count). The van der Waals surface area contributed by atoms with E-state index in [2.05, 4.69) is 0 Å². The van der Waals surface area contributed by atoms with Crippen LogP contribution in [0, 0.1) is 0 Å². The molecule has 0 aliphatic carbocycles.